The smallest absolute Gasteiger partial charge is 0.359 e. The fourth-order valence-electron chi connectivity index (χ4n) is 7.49. The Balaban J connectivity index is 1.61. The number of ketones is 1. The first-order chi connectivity index (χ1) is 15.9. The van der Waals surface area contributed by atoms with Crippen LogP contribution in [0, 0.1) is 17.3 Å². The number of carbonyl (C=O) groups is 2. The summed E-state index contributed by atoms with van der Waals surface area (Å²) in [6.45, 7) is 0. The lowest BCUT2D eigenvalue weighted by molar-refractivity contribution is -0.203. The lowest BCUT2D eigenvalue weighted by Crippen LogP contribution is -2.58. The monoisotopic (exact) mass is 488 g/mol. The van der Waals surface area contributed by atoms with Crippen LogP contribution in [0.25, 0.3) is 0 Å². The normalized spacial score (nSPS) is 30.8. The van der Waals surface area contributed by atoms with E-state index in [-0.39, 0.29) is 23.0 Å². The summed E-state index contributed by atoms with van der Waals surface area (Å²) < 4.78 is 50.7. The third kappa shape index (κ3) is 4.75. The first-order valence-corrected chi connectivity index (χ1v) is 13.9. The van der Waals surface area contributed by atoms with Gasteiger partial charge in [-0.05, 0) is 67.4 Å². The second-order valence-corrected chi connectivity index (χ2v) is 12.3. The van der Waals surface area contributed by atoms with E-state index < -0.39 is 27.2 Å². The molecule has 4 aliphatic carbocycles. The van der Waals surface area contributed by atoms with Gasteiger partial charge in [-0.25, -0.2) is 9.18 Å². The molecule has 11 heteroatoms. The van der Waals surface area contributed by atoms with Gasteiger partial charge in [-0.1, -0.05) is 36.2 Å². The SMILES string of the molecule is BCc1cc(CB)c(CB)c(C(=O)CC23CC4CC(C2)CC(OC(=O)C(F)S(=O)(=O)O)(C4)C3)c1. The van der Waals surface area contributed by atoms with Crippen LogP contribution in [-0.4, -0.2) is 59.4 Å². The molecule has 0 saturated heterocycles. The number of halogens is 1. The quantitative estimate of drug-likeness (QED) is 0.238. The highest BCUT2D eigenvalue weighted by molar-refractivity contribution is 7.87. The molecule has 0 radical (unpaired) electrons. The minimum atomic E-state index is -5.17. The molecule has 1 aromatic carbocycles. The van der Waals surface area contributed by atoms with E-state index in [1.54, 1.807) is 0 Å². The van der Waals surface area contributed by atoms with Gasteiger partial charge in [0.15, 0.2) is 5.78 Å². The number of ether oxygens (including phenoxy) is 1. The molecule has 0 aromatic heterocycles. The molecule has 0 aliphatic heterocycles. The molecule has 4 fully saturated rings. The number of hydrogen-bond acceptors (Lipinski definition) is 5. The number of benzene rings is 1. The molecule has 4 bridgehead atoms. The number of esters is 1. The van der Waals surface area contributed by atoms with Gasteiger partial charge < -0.3 is 4.74 Å². The van der Waals surface area contributed by atoms with Crippen molar-refractivity contribution in [2.75, 3.05) is 0 Å². The van der Waals surface area contributed by atoms with Crippen LogP contribution in [-0.2, 0) is 38.6 Å². The van der Waals surface area contributed by atoms with Crippen LogP contribution in [0.3, 0.4) is 0 Å². The highest BCUT2D eigenvalue weighted by atomic mass is 32.2. The molecule has 1 N–H and O–H groups in total. The first kappa shape index (κ1) is 25.5. The standard InChI is InChI=1S/C23H32B3FO6S/c24-9-13-2-16(10-25)18(11-26)17(3-13)19(28)8-22-4-14-1-15(5-22)7-23(6-14,12-22)33-21(29)20(27)34(30,31)32/h2-3,14-15,20H,1,4-12,24-26H2,(H,30,31,32). The molecule has 5 rings (SSSR count). The van der Waals surface area contributed by atoms with Gasteiger partial charge in [0, 0.05) is 12.0 Å². The molecule has 0 spiro atoms. The van der Waals surface area contributed by atoms with Crippen molar-refractivity contribution in [1.29, 1.82) is 0 Å². The van der Waals surface area contributed by atoms with Crippen LogP contribution in [0.2, 0.25) is 0 Å². The predicted molar refractivity (Wildman–Crippen MR) is 135 cm³/mol. The summed E-state index contributed by atoms with van der Waals surface area (Å²) in [5, 5.41) is 0. The third-order valence-corrected chi connectivity index (χ3v) is 8.99. The highest BCUT2D eigenvalue weighted by Crippen LogP contribution is 2.64. The van der Waals surface area contributed by atoms with Crippen molar-refractivity contribution in [3.8, 4) is 0 Å². The van der Waals surface area contributed by atoms with Crippen molar-refractivity contribution >= 4 is 45.4 Å². The Morgan fingerprint density at radius 3 is 2.26 bits per heavy atom. The minimum absolute atomic E-state index is 0.103. The van der Waals surface area contributed by atoms with E-state index in [4.69, 9.17) is 9.29 Å². The molecule has 4 saturated carbocycles. The maximum Gasteiger partial charge on any atom is 0.359 e. The van der Waals surface area contributed by atoms with Crippen molar-refractivity contribution in [2.45, 2.75) is 75.0 Å². The van der Waals surface area contributed by atoms with Crippen molar-refractivity contribution in [1.82, 2.24) is 0 Å². The van der Waals surface area contributed by atoms with Gasteiger partial charge in [0.2, 0.25) is 0 Å². The number of Topliss-reactive ketones (excluding diaryl/α,β-unsaturated/α-hetero) is 1. The van der Waals surface area contributed by atoms with E-state index in [1.165, 1.54) is 5.56 Å². The average molecular weight is 488 g/mol. The van der Waals surface area contributed by atoms with E-state index in [0.717, 1.165) is 54.9 Å². The molecule has 1 aromatic rings. The molecule has 3 atom stereocenters. The van der Waals surface area contributed by atoms with Gasteiger partial charge in [-0.2, -0.15) is 8.42 Å². The van der Waals surface area contributed by atoms with Crippen LogP contribution >= 0.6 is 0 Å². The molecule has 3 unspecified atom stereocenters. The van der Waals surface area contributed by atoms with E-state index in [9.17, 15) is 22.4 Å². The zero-order chi connectivity index (χ0) is 24.9. The van der Waals surface area contributed by atoms with Crippen LogP contribution in [0.5, 0.6) is 0 Å². The van der Waals surface area contributed by atoms with Gasteiger partial charge in [-0.15, -0.1) is 0 Å². The summed E-state index contributed by atoms with van der Waals surface area (Å²) in [5.74, 6) is -0.942. The highest BCUT2D eigenvalue weighted by Gasteiger charge is 2.60. The zero-order valence-electron chi connectivity index (χ0n) is 20.2. The number of rotatable bonds is 9. The van der Waals surface area contributed by atoms with Gasteiger partial charge in [0.25, 0.3) is 0 Å². The molecule has 4 aliphatic rings. The number of carbonyl (C=O) groups excluding carboxylic acids is 2. The lowest BCUT2D eigenvalue weighted by Gasteiger charge is -2.61. The van der Waals surface area contributed by atoms with E-state index in [0.29, 0.717) is 25.7 Å². The summed E-state index contributed by atoms with van der Waals surface area (Å²) in [5.41, 5.74) is -0.170. The maximum absolute atomic E-state index is 14.0. The van der Waals surface area contributed by atoms with Crippen molar-refractivity contribution in [3.05, 3.63) is 34.4 Å². The molecule has 0 heterocycles. The van der Waals surface area contributed by atoms with E-state index >= 15 is 0 Å². The van der Waals surface area contributed by atoms with Gasteiger partial charge in [0.05, 0.1) is 0 Å². The van der Waals surface area contributed by atoms with Crippen LogP contribution < -0.4 is 0 Å². The lowest BCUT2D eigenvalue weighted by atomic mass is 9.46. The third-order valence-electron chi connectivity index (χ3n) is 8.27. The van der Waals surface area contributed by atoms with Crippen molar-refractivity contribution < 1.29 is 31.7 Å². The summed E-state index contributed by atoms with van der Waals surface area (Å²) >= 11 is 0. The predicted octanol–water partition coefficient (Wildman–Crippen LogP) is 0.724. The second-order valence-electron chi connectivity index (χ2n) is 10.8. The molecule has 0 amide bonds. The first-order valence-electron chi connectivity index (χ1n) is 12.4. The molecular formula is C23H32B3FO6S. The van der Waals surface area contributed by atoms with Crippen molar-refractivity contribution in [3.63, 3.8) is 0 Å². The topological polar surface area (TPSA) is 97.7 Å². The van der Waals surface area contributed by atoms with Gasteiger partial charge in [0.1, 0.15) is 29.1 Å². The molecule has 34 heavy (non-hydrogen) atoms. The van der Waals surface area contributed by atoms with Crippen LogP contribution in [0.15, 0.2) is 12.1 Å². The Bertz CT molecular complexity index is 1090. The Labute approximate surface area is 203 Å². The summed E-state index contributed by atoms with van der Waals surface area (Å²) in [4.78, 5) is 26.0. The fraction of sp³-hybridized carbons (Fsp3) is 0.652. The zero-order valence-corrected chi connectivity index (χ0v) is 21.0. The molecule has 6 nitrogen and oxygen atoms in total. The maximum atomic E-state index is 14.0. The van der Waals surface area contributed by atoms with Crippen molar-refractivity contribution in [2.24, 2.45) is 17.3 Å². The van der Waals surface area contributed by atoms with Crippen LogP contribution in [0.1, 0.15) is 72.0 Å². The largest absolute Gasteiger partial charge is 0.456 e. The molecule has 182 valence electrons. The minimum Gasteiger partial charge on any atom is -0.456 e. The molecular weight excluding hydrogens is 456 g/mol. The Morgan fingerprint density at radius 2 is 1.74 bits per heavy atom. The second kappa shape index (κ2) is 9.12. The number of hydrogen-bond donors (Lipinski definition) is 1. The Morgan fingerprint density at radius 1 is 1.09 bits per heavy atom. The van der Waals surface area contributed by atoms with E-state index in [1.807, 2.05) is 6.07 Å². The summed E-state index contributed by atoms with van der Waals surface area (Å²) in [6.07, 6.45) is 7.08. The average Bonchev–Trinajstić information content (AvgIpc) is 2.75. The Kier molecular flexibility index (Phi) is 6.84. The van der Waals surface area contributed by atoms with E-state index in [2.05, 4.69) is 29.6 Å². The van der Waals surface area contributed by atoms with Crippen LogP contribution in [0.4, 0.5) is 4.39 Å². The van der Waals surface area contributed by atoms with Gasteiger partial charge >= 0.3 is 21.6 Å². The summed E-state index contributed by atoms with van der Waals surface area (Å²) in [7, 11) is 1.08. The van der Waals surface area contributed by atoms with Gasteiger partial charge in [-0.3, -0.25) is 9.35 Å². The number of alkyl halides is 1. The Hall–Kier alpha value is -1.61. The fourth-order valence-corrected chi connectivity index (χ4v) is 7.78. The summed E-state index contributed by atoms with van der Waals surface area (Å²) in [6, 6.07) is 4.22.